The van der Waals surface area contributed by atoms with E-state index in [0.29, 0.717) is 11.5 Å². The number of carbonyl (C=O) groups excluding carboxylic acids is 2. The summed E-state index contributed by atoms with van der Waals surface area (Å²) >= 11 is 0. The van der Waals surface area contributed by atoms with E-state index in [4.69, 9.17) is 19.9 Å². The average Bonchev–Trinajstić information content (AvgIpc) is 2.73. The molecule has 0 bridgehead atoms. The molecule has 2 aromatic rings. The second-order valence-electron chi connectivity index (χ2n) is 7.31. The molecule has 0 radical (unpaired) electrons. The molecule has 160 valence electrons. The van der Waals surface area contributed by atoms with Crippen LogP contribution in [0.2, 0.25) is 0 Å². The van der Waals surface area contributed by atoms with Gasteiger partial charge in [0.1, 0.15) is 18.0 Å². The highest BCUT2D eigenvalue weighted by atomic mass is 16.6. The minimum atomic E-state index is -1.05. The number of esters is 1. The van der Waals surface area contributed by atoms with Crippen molar-refractivity contribution in [3.05, 3.63) is 50.7 Å². The molecule has 1 aromatic heterocycles. The first-order chi connectivity index (χ1) is 14.2. The maximum absolute atomic E-state index is 12.6. The summed E-state index contributed by atoms with van der Waals surface area (Å²) in [4.78, 5) is 49.7. The fraction of sp³-hybridized carbons (Fsp3) is 0.400. The number of hydrogen-bond acceptors (Lipinski definition) is 8. The second-order valence-corrected chi connectivity index (χ2v) is 7.31. The van der Waals surface area contributed by atoms with Gasteiger partial charge in [0.05, 0.1) is 0 Å². The fourth-order valence-corrected chi connectivity index (χ4v) is 3.02. The van der Waals surface area contributed by atoms with Crippen molar-refractivity contribution in [3.8, 4) is 11.5 Å². The number of ketones is 1. The summed E-state index contributed by atoms with van der Waals surface area (Å²) in [5.41, 5.74) is 4.09. The number of benzene rings is 1. The van der Waals surface area contributed by atoms with E-state index in [1.165, 1.54) is 7.05 Å². The maximum Gasteiger partial charge on any atom is 0.351 e. The van der Waals surface area contributed by atoms with Gasteiger partial charge in [0.15, 0.2) is 18.1 Å². The molecule has 2 heterocycles. The van der Waals surface area contributed by atoms with Crippen molar-refractivity contribution in [1.82, 2.24) is 9.13 Å². The van der Waals surface area contributed by atoms with E-state index in [0.717, 1.165) is 9.13 Å². The molecule has 0 aliphatic carbocycles. The first-order valence-electron chi connectivity index (χ1n) is 9.38. The predicted molar refractivity (Wildman–Crippen MR) is 107 cm³/mol. The summed E-state index contributed by atoms with van der Waals surface area (Å²) in [6.45, 7) is 3.16. The van der Waals surface area contributed by atoms with Gasteiger partial charge in [-0.15, -0.1) is 0 Å². The van der Waals surface area contributed by atoms with Gasteiger partial charge in [0, 0.05) is 13.6 Å². The van der Waals surface area contributed by atoms with Crippen molar-refractivity contribution in [2.24, 2.45) is 13.0 Å². The van der Waals surface area contributed by atoms with Crippen LogP contribution in [0.5, 0.6) is 11.5 Å². The van der Waals surface area contributed by atoms with Crippen LogP contribution in [0.1, 0.15) is 24.2 Å². The topological polar surface area (TPSA) is 132 Å². The number of anilines is 1. The van der Waals surface area contributed by atoms with Crippen molar-refractivity contribution < 1.29 is 23.8 Å². The Morgan fingerprint density at radius 3 is 2.57 bits per heavy atom. The van der Waals surface area contributed by atoms with Gasteiger partial charge in [-0.1, -0.05) is 26.0 Å². The molecule has 1 aromatic carbocycles. The monoisotopic (exact) mass is 417 g/mol. The van der Waals surface area contributed by atoms with Crippen LogP contribution >= 0.6 is 0 Å². The van der Waals surface area contributed by atoms with Crippen LogP contribution in [0.4, 0.5) is 5.82 Å². The van der Waals surface area contributed by atoms with Gasteiger partial charge in [0.25, 0.3) is 5.56 Å². The third kappa shape index (κ3) is 4.07. The highest BCUT2D eigenvalue weighted by Gasteiger charge is 2.30. The minimum Gasteiger partial charge on any atom is -0.485 e. The predicted octanol–water partition coefficient (Wildman–Crippen LogP) is 0.351. The van der Waals surface area contributed by atoms with Crippen LogP contribution in [0.3, 0.4) is 0 Å². The number of fused-ring (bicyclic) bond motifs is 1. The Hall–Kier alpha value is -3.56. The normalized spacial score (nSPS) is 15.1. The summed E-state index contributed by atoms with van der Waals surface area (Å²) < 4.78 is 18.0. The van der Waals surface area contributed by atoms with E-state index in [1.807, 2.05) is 13.8 Å². The van der Waals surface area contributed by atoms with Crippen molar-refractivity contribution in [3.63, 3.8) is 0 Å². The standard InChI is InChI=1S/C20H23N3O7/c1-11(2)8-23-17(21)16(18(25)22(3)20(23)27)12(24)9-29-19(26)15-10-28-13-6-4-5-7-14(13)30-15/h4-7,11,15H,8-10,21H2,1-3H3/t15-/m1/s1. The zero-order valence-corrected chi connectivity index (χ0v) is 16.9. The molecule has 0 saturated carbocycles. The molecule has 1 aliphatic heterocycles. The average molecular weight is 417 g/mol. The number of aromatic nitrogens is 2. The van der Waals surface area contributed by atoms with Crippen LogP contribution in [0.25, 0.3) is 0 Å². The largest absolute Gasteiger partial charge is 0.485 e. The highest BCUT2D eigenvalue weighted by Crippen LogP contribution is 2.31. The van der Waals surface area contributed by atoms with E-state index in [2.05, 4.69) is 0 Å². The third-order valence-electron chi connectivity index (χ3n) is 4.53. The summed E-state index contributed by atoms with van der Waals surface area (Å²) in [5.74, 6) is -0.935. The molecule has 0 spiro atoms. The number of hydrogen-bond donors (Lipinski definition) is 1. The summed E-state index contributed by atoms with van der Waals surface area (Å²) in [6, 6.07) is 6.83. The van der Waals surface area contributed by atoms with Crippen LogP contribution in [-0.2, 0) is 23.1 Å². The molecule has 30 heavy (non-hydrogen) atoms. The first-order valence-corrected chi connectivity index (χ1v) is 9.38. The van der Waals surface area contributed by atoms with Gasteiger partial charge in [-0.25, -0.2) is 9.59 Å². The molecule has 2 N–H and O–H groups in total. The number of para-hydroxylation sites is 2. The first kappa shape index (κ1) is 21.2. The van der Waals surface area contributed by atoms with Gasteiger partial charge in [0.2, 0.25) is 11.9 Å². The van der Waals surface area contributed by atoms with Crippen molar-refractivity contribution >= 4 is 17.6 Å². The Kier molecular flexibility index (Phi) is 5.95. The van der Waals surface area contributed by atoms with E-state index < -0.39 is 41.3 Å². The molecule has 0 fully saturated rings. The Morgan fingerprint density at radius 2 is 1.90 bits per heavy atom. The Labute approximate surface area is 171 Å². The van der Waals surface area contributed by atoms with E-state index >= 15 is 0 Å². The molecule has 1 aliphatic rings. The lowest BCUT2D eigenvalue weighted by Gasteiger charge is -2.24. The fourth-order valence-electron chi connectivity index (χ4n) is 3.02. The quantitative estimate of drug-likeness (QED) is 0.526. The van der Waals surface area contributed by atoms with Crippen molar-refractivity contribution in [2.75, 3.05) is 18.9 Å². The Morgan fingerprint density at radius 1 is 1.23 bits per heavy atom. The number of rotatable bonds is 6. The number of nitrogens with two attached hydrogens (primary N) is 1. The molecule has 0 amide bonds. The molecular weight excluding hydrogens is 394 g/mol. The molecule has 0 unspecified atom stereocenters. The van der Waals surface area contributed by atoms with E-state index in [-0.39, 0.29) is 24.9 Å². The van der Waals surface area contributed by atoms with Gasteiger partial charge < -0.3 is 19.9 Å². The van der Waals surface area contributed by atoms with Crippen LogP contribution in [-0.4, -0.2) is 40.2 Å². The van der Waals surface area contributed by atoms with Crippen molar-refractivity contribution in [2.45, 2.75) is 26.5 Å². The number of nitrogens with zero attached hydrogens (tertiary/aromatic N) is 2. The third-order valence-corrected chi connectivity index (χ3v) is 4.53. The van der Waals surface area contributed by atoms with Crippen LogP contribution in [0, 0.1) is 5.92 Å². The lowest BCUT2D eigenvalue weighted by Crippen LogP contribution is -2.44. The summed E-state index contributed by atoms with van der Waals surface area (Å²) in [6.07, 6.45) is -1.05. The lowest BCUT2D eigenvalue weighted by molar-refractivity contribution is -0.153. The highest BCUT2D eigenvalue weighted by molar-refractivity contribution is 6.01. The van der Waals surface area contributed by atoms with Gasteiger partial charge in [-0.2, -0.15) is 0 Å². The van der Waals surface area contributed by atoms with E-state index in [9.17, 15) is 19.2 Å². The SMILES string of the molecule is CC(C)Cn1c(N)c(C(=O)COC(=O)[C@H]2COc3ccccc3O2)c(=O)n(C)c1=O. The van der Waals surface area contributed by atoms with Crippen molar-refractivity contribution in [1.29, 1.82) is 0 Å². The molecule has 0 saturated heterocycles. The molecular formula is C20H23N3O7. The lowest BCUT2D eigenvalue weighted by atomic mass is 10.1. The van der Waals surface area contributed by atoms with Crippen LogP contribution in [0.15, 0.2) is 33.9 Å². The number of carbonyl (C=O) groups is 2. The zero-order chi connectivity index (χ0) is 22.0. The van der Waals surface area contributed by atoms with Gasteiger partial charge in [-0.05, 0) is 18.1 Å². The summed E-state index contributed by atoms with van der Waals surface area (Å²) in [5, 5.41) is 0. The Balaban J connectivity index is 1.75. The summed E-state index contributed by atoms with van der Waals surface area (Å²) in [7, 11) is 1.26. The smallest absolute Gasteiger partial charge is 0.351 e. The van der Waals surface area contributed by atoms with Crippen LogP contribution < -0.4 is 26.5 Å². The molecule has 1 atom stereocenters. The molecule has 10 nitrogen and oxygen atoms in total. The molecule has 10 heteroatoms. The van der Waals surface area contributed by atoms with E-state index in [1.54, 1.807) is 24.3 Å². The maximum atomic E-state index is 12.6. The van der Waals surface area contributed by atoms with Gasteiger partial charge in [-0.3, -0.25) is 18.7 Å². The number of ether oxygens (including phenoxy) is 3. The number of nitrogen functional groups attached to an aromatic ring is 1. The molecule has 3 rings (SSSR count). The second kappa shape index (κ2) is 8.44. The van der Waals surface area contributed by atoms with Gasteiger partial charge >= 0.3 is 11.7 Å². The minimum absolute atomic E-state index is 0.0506. The Bertz CT molecular complexity index is 1100. The number of Topliss-reactive ketones (excluding diaryl/α,β-unsaturated/α-hetero) is 1. The zero-order valence-electron chi connectivity index (χ0n) is 16.9.